The molecule has 3 rings (SSSR count). The van der Waals surface area contributed by atoms with Gasteiger partial charge in [-0.2, -0.15) is 0 Å². The van der Waals surface area contributed by atoms with Crippen molar-refractivity contribution in [2.24, 2.45) is 57.7 Å². The van der Waals surface area contributed by atoms with Gasteiger partial charge in [0.05, 0.1) is 52.4 Å². The lowest BCUT2D eigenvalue weighted by atomic mass is 9.54. The van der Waals surface area contributed by atoms with Crippen LogP contribution in [0.3, 0.4) is 0 Å². The van der Waals surface area contributed by atoms with Crippen molar-refractivity contribution in [1.82, 2.24) is 15.5 Å². The van der Waals surface area contributed by atoms with Crippen molar-refractivity contribution in [2.75, 3.05) is 39.9 Å². The maximum absolute atomic E-state index is 12.3. The maximum Gasteiger partial charge on any atom is 0.311 e. The Hall–Kier alpha value is -5.22. The summed E-state index contributed by atoms with van der Waals surface area (Å²) >= 11 is 0. The van der Waals surface area contributed by atoms with Crippen LogP contribution in [0.2, 0.25) is 0 Å². The van der Waals surface area contributed by atoms with Crippen molar-refractivity contribution in [2.45, 2.75) is 164 Å². The molecular weight excluding hydrogens is 959 g/mol. The molecule has 0 spiro atoms. The Bertz CT molecular complexity index is 1870. The third kappa shape index (κ3) is 20.5. The number of likely N-dealkylation sites (N-methyl/N-ethyl adjacent to an activating group) is 1. The fourth-order valence-corrected chi connectivity index (χ4v) is 8.55. The van der Waals surface area contributed by atoms with Gasteiger partial charge in [0.2, 0.25) is 11.8 Å². The number of aliphatic hydroxyl groups excluding tert-OH is 2. The predicted molar refractivity (Wildman–Crippen MR) is 262 cm³/mol. The summed E-state index contributed by atoms with van der Waals surface area (Å²) in [6.07, 6.45) is 5.39. The minimum Gasteiger partial charge on any atom is -0.481 e. The minimum absolute atomic E-state index is 0.0142. The first kappa shape index (κ1) is 65.8. The van der Waals surface area contributed by atoms with Gasteiger partial charge in [-0.15, -0.1) is 0 Å². The topological polar surface area (TPSA) is 358 Å². The number of amides is 2. The Morgan fingerprint density at radius 2 is 1.01 bits per heavy atom. The number of carbonyl (C=O) groups excluding carboxylic acids is 5. The number of Topliss-reactive ketones (excluding diaryl/α,β-unsaturated/α-hetero) is 1. The van der Waals surface area contributed by atoms with E-state index in [2.05, 4.69) is 10.6 Å². The van der Waals surface area contributed by atoms with Crippen LogP contribution in [0.5, 0.6) is 0 Å². The van der Waals surface area contributed by atoms with Crippen molar-refractivity contribution in [1.29, 1.82) is 0 Å². The Morgan fingerprint density at radius 3 is 1.44 bits per heavy atom. The van der Waals surface area contributed by atoms with Gasteiger partial charge in [-0.25, -0.2) is 0 Å². The number of nitrogens with one attached hydrogen (secondary N) is 2. The lowest BCUT2D eigenvalue weighted by Gasteiger charge is -2.44. The number of ether oxygens (including phenoxy) is 2. The molecule has 0 bridgehead atoms. The molecular formula is C51H85N3O19. The molecule has 0 aromatic heterocycles. The van der Waals surface area contributed by atoms with Crippen molar-refractivity contribution in [3.05, 3.63) is 0 Å². The lowest BCUT2D eigenvalue weighted by molar-refractivity contribution is -0.186. The largest absolute Gasteiger partial charge is 0.481 e. The normalized spacial score (nSPS) is 23.7. The van der Waals surface area contributed by atoms with Gasteiger partial charge in [0.1, 0.15) is 25.1 Å². The first-order chi connectivity index (χ1) is 33.8. The highest BCUT2D eigenvalue weighted by molar-refractivity contribution is 5.98. The van der Waals surface area contributed by atoms with E-state index in [0.717, 1.165) is 32.1 Å². The molecule has 0 saturated heterocycles. The Balaban J connectivity index is 0.000000552. The van der Waals surface area contributed by atoms with Crippen molar-refractivity contribution in [3.63, 3.8) is 0 Å². The zero-order valence-electron chi connectivity index (χ0n) is 44.5. The number of carboxylic acids is 5. The summed E-state index contributed by atoms with van der Waals surface area (Å²) in [4.78, 5) is 118. The number of nitrogens with zero attached hydrogens (tertiary/aromatic N) is 1. The fourth-order valence-electron chi connectivity index (χ4n) is 8.55. The molecule has 73 heavy (non-hydrogen) atoms. The SMILES string of the molecule is CCC(C)(C)C(=O)N(C)CCNC(=O)C1CCCCC1C(=O)O.CCC(C)(C)C(=O)OCC(O)CCC(=O)C1C(C(=O)O)C(C(=O)O)C1C(=O)O.CCC(C)(C)C(=O)OCC(O)CNC1CCC(C(=O)O)CC1. The van der Waals surface area contributed by atoms with Crippen LogP contribution >= 0.6 is 0 Å². The van der Waals surface area contributed by atoms with Gasteiger partial charge in [0.15, 0.2) is 0 Å². The molecule has 0 heterocycles. The van der Waals surface area contributed by atoms with Crippen molar-refractivity contribution < 1.29 is 93.2 Å². The highest BCUT2D eigenvalue weighted by Crippen LogP contribution is 2.48. The Labute approximate surface area is 428 Å². The summed E-state index contributed by atoms with van der Waals surface area (Å²) in [6.45, 7) is 17.3. The zero-order chi connectivity index (χ0) is 56.2. The summed E-state index contributed by atoms with van der Waals surface area (Å²) in [5.74, 6) is -15.7. The summed E-state index contributed by atoms with van der Waals surface area (Å²) in [6, 6.07) is 0.230. The van der Waals surface area contributed by atoms with Crippen molar-refractivity contribution >= 4 is 59.4 Å². The number of rotatable bonds is 26. The second-order valence-electron chi connectivity index (χ2n) is 21.5. The minimum atomic E-state index is -1.69. The predicted octanol–water partition coefficient (Wildman–Crippen LogP) is 3.86. The molecule has 418 valence electrons. The van der Waals surface area contributed by atoms with E-state index >= 15 is 0 Å². The number of carbonyl (C=O) groups is 10. The van der Waals surface area contributed by atoms with Crippen LogP contribution in [0.15, 0.2) is 0 Å². The van der Waals surface area contributed by atoms with Gasteiger partial charge in [0, 0.05) is 50.5 Å². The smallest absolute Gasteiger partial charge is 0.311 e. The number of aliphatic hydroxyl groups is 2. The van der Waals surface area contributed by atoms with Crippen LogP contribution in [0, 0.1) is 57.7 Å². The Kier molecular flexibility index (Phi) is 27.2. The van der Waals surface area contributed by atoms with Crippen LogP contribution < -0.4 is 10.6 Å². The molecule has 3 aliphatic rings. The highest BCUT2D eigenvalue weighted by atomic mass is 16.5. The number of ketones is 1. The number of hydrogen-bond donors (Lipinski definition) is 9. The second-order valence-corrected chi connectivity index (χ2v) is 21.5. The van der Waals surface area contributed by atoms with E-state index in [4.69, 9.17) is 19.7 Å². The molecule has 3 saturated carbocycles. The molecule has 0 aliphatic heterocycles. The second kappa shape index (κ2) is 30.2. The zero-order valence-corrected chi connectivity index (χ0v) is 44.5. The molecule has 0 radical (unpaired) electrons. The third-order valence-electron chi connectivity index (χ3n) is 14.9. The standard InChI is InChI=1S/C18H26O10.C17H30N2O4.C16H29NO5/c1-4-18(2,3)17(27)28-7-8(19)5-6-9(20)10-11(14(21)22)13(16(25)26)12(10)15(23)24;1-5-17(2,3)16(23)19(4)11-10-18-14(20)12-8-6-7-9-13(12)15(21)22;1-4-16(2,3)15(21)22-10-13(18)9-17-12-7-5-11(6-8-12)14(19)20/h8,10-13,19H,4-7H2,1-3H3,(H,21,22)(H,23,24)(H,25,26);12-13H,5-11H2,1-4H3,(H,18,20)(H,21,22);11-13,17-18H,4-10H2,1-3H3,(H,19,20). The molecule has 9 N–H and O–H groups in total. The van der Waals surface area contributed by atoms with E-state index in [1.165, 1.54) is 0 Å². The lowest BCUT2D eigenvalue weighted by Crippen LogP contribution is -2.59. The first-order valence-corrected chi connectivity index (χ1v) is 25.4. The van der Waals surface area contributed by atoms with Gasteiger partial charge >= 0.3 is 41.8 Å². The third-order valence-corrected chi connectivity index (χ3v) is 14.9. The highest BCUT2D eigenvalue weighted by Gasteiger charge is 2.63. The summed E-state index contributed by atoms with van der Waals surface area (Å²) in [5, 5.41) is 71.4. The molecule has 2 amide bonds. The van der Waals surface area contributed by atoms with Gasteiger partial charge in [0.25, 0.3) is 0 Å². The fraction of sp³-hybridized carbons (Fsp3) is 0.804. The number of hydrogen-bond acceptors (Lipinski definition) is 15. The number of carboxylic acid groups (broad SMARTS) is 5. The number of aliphatic carboxylic acids is 5. The number of esters is 2. The molecule has 6 atom stereocenters. The van der Waals surface area contributed by atoms with Crippen LogP contribution in [-0.4, -0.2) is 158 Å². The van der Waals surface area contributed by atoms with Gasteiger partial charge < -0.3 is 60.8 Å². The average Bonchev–Trinajstić information content (AvgIpc) is 3.32. The van der Waals surface area contributed by atoms with Gasteiger partial charge in [-0.1, -0.05) is 47.5 Å². The molecule has 3 fully saturated rings. The summed E-state index contributed by atoms with van der Waals surface area (Å²) in [5.41, 5.74) is -1.66. The molecule has 0 aromatic carbocycles. The van der Waals surface area contributed by atoms with E-state index < -0.39 is 106 Å². The van der Waals surface area contributed by atoms with Crippen LogP contribution in [-0.2, 0) is 57.4 Å². The van der Waals surface area contributed by atoms with Crippen LogP contribution in [0.1, 0.15) is 146 Å². The van der Waals surface area contributed by atoms with E-state index in [1.807, 2.05) is 41.5 Å². The molecule has 22 heteroatoms. The molecule has 3 aliphatic carbocycles. The summed E-state index contributed by atoms with van der Waals surface area (Å²) in [7, 11) is 1.73. The Morgan fingerprint density at radius 1 is 0.575 bits per heavy atom. The first-order valence-electron chi connectivity index (χ1n) is 25.4. The van der Waals surface area contributed by atoms with Gasteiger partial charge in [-0.05, 0) is 91.9 Å². The van der Waals surface area contributed by atoms with E-state index in [1.54, 1.807) is 32.7 Å². The maximum atomic E-state index is 12.3. The van der Waals surface area contributed by atoms with E-state index in [-0.39, 0.29) is 55.8 Å². The van der Waals surface area contributed by atoms with Crippen LogP contribution in [0.25, 0.3) is 0 Å². The molecule has 0 aromatic rings. The van der Waals surface area contributed by atoms with E-state index in [9.17, 15) is 73.5 Å². The quantitative estimate of drug-likeness (QED) is 0.0555. The molecule has 6 unspecified atom stereocenters. The van der Waals surface area contributed by atoms with Gasteiger partial charge in [-0.3, -0.25) is 47.9 Å². The summed E-state index contributed by atoms with van der Waals surface area (Å²) < 4.78 is 10.1. The average molecular weight is 1040 g/mol. The molecule has 22 nitrogen and oxygen atoms in total. The van der Waals surface area contributed by atoms with Crippen molar-refractivity contribution in [3.8, 4) is 0 Å². The van der Waals surface area contributed by atoms with E-state index in [0.29, 0.717) is 58.2 Å². The monoisotopic (exact) mass is 1040 g/mol. The van der Waals surface area contributed by atoms with Crippen LogP contribution in [0.4, 0.5) is 0 Å².